The minimum atomic E-state index is -0.0216. The Morgan fingerprint density at radius 2 is 2.28 bits per heavy atom. The van der Waals surface area contributed by atoms with Crippen LogP contribution in [0.25, 0.3) is 10.9 Å². The molecular weight excluding hydrogens is 224 g/mol. The molecule has 0 aliphatic heterocycles. The van der Waals surface area contributed by atoms with Crippen LogP contribution in [0.15, 0.2) is 36.5 Å². The number of nitrogens with one attached hydrogen (secondary N) is 1. The molecular formula is C15H14N2O. The highest BCUT2D eigenvalue weighted by Gasteiger charge is 1.93. The number of fused-ring (bicyclic) bond motifs is 1. The fourth-order valence-electron chi connectivity index (χ4n) is 1.61. The van der Waals surface area contributed by atoms with Gasteiger partial charge >= 0.3 is 0 Å². The molecule has 1 heterocycles. The smallest absolute Gasteiger partial charge is 0.216 e. The maximum absolute atomic E-state index is 10.7. The number of aromatic nitrogens is 1. The van der Waals surface area contributed by atoms with E-state index < -0.39 is 0 Å². The highest BCUT2D eigenvalue weighted by Crippen LogP contribution is 2.12. The first kappa shape index (κ1) is 12.1. The van der Waals surface area contributed by atoms with Gasteiger partial charge in [0, 0.05) is 37.0 Å². The number of nitrogens with zero attached hydrogens (tertiary/aromatic N) is 1. The maximum atomic E-state index is 10.7. The van der Waals surface area contributed by atoms with Crippen molar-refractivity contribution in [1.29, 1.82) is 0 Å². The zero-order valence-electron chi connectivity index (χ0n) is 10.2. The van der Waals surface area contributed by atoms with E-state index in [2.05, 4.69) is 22.1 Å². The van der Waals surface area contributed by atoms with Crippen LogP contribution in [0.4, 0.5) is 0 Å². The quantitative estimate of drug-likeness (QED) is 0.643. The van der Waals surface area contributed by atoms with E-state index in [0.29, 0.717) is 13.0 Å². The highest BCUT2D eigenvalue weighted by atomic mass is 16.1. The van der Waals surface area contributed by atoms with Crippen LogP contribution in [0.5, 0.6) is 0 Å². The first-order valence-corrected chi connectivity index (χ1v) is 5.84. The number of pyridine rings is 1. The summed E-state index contributed by atoms with van der Waals surface area (Å²) in [6.45, 7) is 2.09. The molecule has 90 valence electrons. The third-order valence-corrected chi connectivity index (χ3v) is 2.46. The third kappa shape index (κ3) is 3.33. The summed E-state index contributed by atoms with van der Waals surface area (Å²) in [6.07, 6.45) is 2.43. The monoisotopic (exact) mass is 238 g/mol. The molecule has 1 amide bonds. The Morgan fingerprint density at radius 1 is 1.39 bits per heavy atom. The van der Waals surface area contributed by atoms with E-state index in [1.165, 1.54) is 6.92 Å². The number of carbonyl (C=O) groups is 1. The lowest BCUT2D eigenvalue weighted by Crippen LogP contribution is -2.20. The molecule has 3 nitrogen and oxygen atoms in total. The van der Waals surface area contributed by atoms with Gasteiger partial charge in [-0.15, -0.1) is 0 Å². The van der Waals surface area contributed by atoms with Crippen LogP contribution in [0.1, 0.15) is 18.9 Å². The van der Waals surface area contributed by atoms with E-state index in [0.717, 1.165) is 16.5 Å². The zero-order chi connectivity index (χ0) is 12.8. The summed E-state index contributed by atoms with van der Waals surface area (Å²) >= 11 is 0. The molecule has 0 saturated carbocycles. The Balaban J connectivity index is 2.03. The van der Waals surface area contributed by atoms with E-state index in [4.69, 9.17) is 0 Å². The van der Waals surface area contributed by atoms with Gasteiger partial charge in [-0.3, -0.25) is 9.78 Å². The van der Waals surface area contributed by atoms with Crippen LogP contribution >= 0.6 is 0 Å². The first-order valence-electron chi connectivity index (χ1n) is 5.84. The molecule has 0 aliphatic carbocycles. The Labute approximate surface area is 106 Å². The molecule has 0 radical (unpaired) electrons. The summed E-state index contributed by atoms with van der Waals surface area (Å²) in [5.74, 6) is 6.08. The Bertz CT molecular complexity index is 623. The normalized spacial score (nSPS) is 9.61. The van der Waals surface area contributed by atoms with Crippen LogP contribution in [-0.4, -0.2) is 17.4 Å². The number of carbonyl (C=O) groups excluding carboxylic acids is 1. The van der Waals surface area contributed by atoms with Gasteiger partial charge in [0.1, 0.15) is 0 Å². The van der Waals surface area contributed by atoms with Gasteiger partial charge < -0.3 is 5.32 Å². The molecule has 1 aromatic carbocycles. The second-order valence-electron chi connectivity index (χ2n) is 3.95. The fraction of sp³-hybridized carbons (Fsp3) is 0.200. The van der Waals surface area contributed by atoms with Crippen molar-refractivity contribution in [3.05, 3.63) is 42.1 Å². The van der Waals surface area contributed by atoms with E-state index in [-0.39, 0.29) is 5.91 Å². The molecule has 0 unspecified atom stereocenters. The molecule has 0 spiro atoms. The minimum absolute atomic E-state index is 0.0216. The topological polar surface area (TPSA) is 42.0 Å². The van der Waals surface area contributed by atoms with Gasteiger partial charge in [0.2, 0.25) is 5.91 Å². The molecule has 3 heteroatoms. The van der Waals surface area contributed by atoms with Gasteiger partial charge in [-0.1, -0.05) is 24.0 Å². The molecule has 0 fully saturated rings. The van der Waals surface area contributed by atoms with Crippen molar-refractivity contribution < 1.29 is 4.79 Å². The molecule has 2 rings (SSSR count). The minimum Gasteiger partial charge on any atom is -0.355 e. The van der Waals surface area contributed by atoms with Gasteiger partial charge in [-0.2, -0.15) is 0 Å². The van der Waals surface area contributed by atoms with Gasteiger partial charge in [0.15, 0.2) is 0 Å². The number of benzene rings is 1. The lowest BCUT2D eigenvalue weighted by Gasteiger charge is -1.97. The molecule has 2 aromatic rings. The lowest BCUT2D eigenvalue weighted by molar-refractivity contribution is -0.118. The van der Waals surface area contributed by atoms with Crippen LogP contribution in [0.2, 0.25) is 0 Å². The molecule has 18 heavy (non-hydrogen) atoms. The fourth-order valence-corrected chi connectivity index (χ4v) is 1.61. The number of hydrogen-bond donors (Lipinski definition) is 1. The molecule has 0 saturated heterocycles. The van der Waals surface area contributed by atoms with Crippen molar-refractivity contribution in [3.8, 4) is 11.8 Å². The summed E-state index contributed by atoms with van der Waals surface area (Å²) in [5, 5.41) is 3.82. The van der Waals surface area contributed by atoms with Crippen molar-refractivity contribution in [2.45, 2.75) is 13.3 Å². The SMILES string of the molecule is CC(=O)NCCC#Cc1ccc2cccnc2c1. The third-order valence-electron chi connectivity index (χ3n) is 2.46. The van der Waals surface area contributed by atoms with Crippen LogP contribution in [0, 0.1) is 11.8 Å². The first-order chi connectivity index (χ1) is 8.75. The van der Waals surface area contributed by atoms with Gasteiger partial charge in [-0.25, -0.2) is 0 Å². The van der Waals surface area contributed by atoms with Crippen LogP contribution < -0.4 is 5.32 Å². The summed E-state index contributed by atoms with van der Waals surface area (Å²) in [7, 11) is 0. The predicted molar refractivity (Wildman–Crippen MR) is 71.9 cm³/mol. The van der Waals surface area contributed by atoms with E-state index >= 15 is 0 Å². The summed E-state index contributed by atoms with van der Waals surface area (Å²) < 4.78 is 0. The molecule has 0 atom stereocenters. The van der Waals surface area contributed by atoms with Crippen LogP contribution in [0.3, 0.4) is 0 Å². The summed E-state index contributed by atoms with van der Waals surface area (Å²) in [4.78, 5) is 14.9. The highest BCUT2D eigenvalue weighted by molar-refractivity contribution is 5.79. The van der Waals surface area contributed by atoms with Gasteiger partial charge in [-0.05, 0) is 18.2 Å². The maximum Gasteiger partial charge on any atom is 0.216 e. The standard InChI is InChI=1S/C15H14N2O/c1-12(18)16-9-3-2-5-13-7-8-14-6-4-10-17-15(14)11-13/h4,6-8,10-11H,3,9H2,1H3,(H,16,18). The van der Waals surface area contributed by atoms with Crippen molar-refractivity contribution in [2.24, 2.45) is 0 Å². The predicted octanol–water partition coefficient (Wildman–Crippen LogP) is 2.11. The van der Waals surface area contributed by atoms with Gasteiger partial charge in [0.05, 0.1) is 5.52 Å². The van der Waals surface area contributed by atoms with Gasteiger partial charge in [0.25, 0.3) is 0 Å². The second kappa shape index (κ2) is 5.83. The average Bonchev–Trinajstić information content (AvgIpc) is 2.38. The van der Waals surface area contributed by atoms with Crippen molar-refractivity contribution in [2.75, 3.05) is 6.54 Å². The second-order valence-corrected chi connectivity index (χ2v) is 3.95. The van der Waals surface area contributed by atoms with Crippen molar-refractivity contribution >= 4 is 16.8 Å². The zero-order valence-corrected chi connectivity index (χ0v) is 10.2. The molecule has 0 aliphatic rings. The van der Waals surface area contributed by atoms with Crippen molar-refractivity contribution in [1.82, 2.24) is 10.3 Å². The largest absolute Gasteiger partial charge is 0.355 e. The van der Waals surface area contributed by atoms with E-state index in [1.54, 1.807) is 6.20 Å². The van der Waals surface area contributed by atoms with Crippen LogP contribution in [-0.2, 0) is 4.79 Å². The Morgan fingerprint density at radius 3 is 3.11 bits per heavy atom. The summed E-state index contributed by atoms with van der Waals surface area (Å²) in [6, 6.07) is 9.91. The average molecular weight is 238 g/mol. The molecule has 0 bridgehead atoms. The van der Waals surface area contributed by atoms with Crippen molar-refractivity contribution in [3.63, 3.8) is 0 Å². The number of hydrogen-bond acceptors (Lipinski definition) is 2. The molecule has 1 N–H and O–H groups in total. The molecule has 1 aromatic heterocycles. The number of rotatable bonds is 2. The number of amides is 1. The Hall–Kier alpha value is -2.34. The van der Waals surface area contributed by atoms with E-state index in [9.17, 15) is 4.79 Å². The Kier molecular flexibility index (Phi) is 3.93. The van der Waals surface area contributed by atoms with E-state index in [1.807, 2.05) is 30.3 Å². The summed E-state index contributed by atoms with van der Waals surface area (Å²) in [5.41, 5.74) is 1.90. The lowest BCUT2D eigenvalue weighted by atomic mass is 10.1.